The van der Waals surface area contributed by atoms with Gasteiger partial charge in [-0.1, -0.05) is 12.8 Å². The maximum atomic E-state index is 13.9. The zero-order chi connectivity index (χ0) is 13.2. The SMILES string of the molecule is CC1(NC(=O)c2ccnc(NN)c2F)CCCC1. The minimum atomic E-state index is -0.723. The Balaban J connectivity index is 2.18. The van der Waals surface area contributed by atoms with Crippen molar-refractivity contribution in [2.45, 2.75) is 38.1 Å². The summed E-state index contributed by atoms with van der Waals surface area (Å²) in [6.45, 7) is 1.99. The molecule has 98 valence electrons. The Morgan fingerprint density at radius 3 is 2.78 bits per heavy atom. The van der Waals surface area contributed by atoms with Gasteiger partial charge in [0, 0.05) is 11.7 Å². The number of nitrogens with one attached hydrogen (secondary N) is 2. The molecule has 0 radical (unpaired) electrons. The topological polar surface area (TPSA) is 80.0 Å². The molecule has 1 amide bonds. The Kier molecular flexibility index (Phi) is 3.47. The van der Waals surface area contributed by atoms with Gasteiger partial charge in [-0.05, 0) is 25.8 Å². The van der Waals surface area contributed by atoms with Crippen LogP contribution in [0.2, 0.25) is 0 Å². The molecule has 0 unspecified atom stereocenters. The maximum Gasteiger partial charge on any atom is 0.254 e. The molecule has 2 rings (SSSR count). The first-order valence-corrected chi connectivity index (χ1v) is 5.99. The Bertz CT molecular complexity index is 457. The molecular weight excluding hydrogens is 235 g/mol. The van der Waals surface area contributed by atoms with Crippen LogP contribution < -0.4 is 16.6 Å². The molecule has 1 aromatic heterocycles. The van der Waals surface area contributed by atoms with Crippen LogP contribution in [0.25, 0.3) is 0 Å². The number of nitrogen functional groups attached to an aromatic ring is 1. The van der Waals surface area contributed by atoms with Gasteiger partial charge < -0.3 is 10.7 Å². The molecular formula is C12H17FN4O. The van der Waals surface area contributed by atoms with Gasteiger partial charge in [0.2, 0.25) is 0 Å². The van der Waals surface area contributed by atoms with E-state index in [2.05, 4.69) is 15.7 Å². The molecule has 1 aromatic rings. The molecule has 0 saturated heterocycles. The van der Waals surface area contributed by atoms with Crippen LogP contribution in [0.4, 0.5) is 10.2 Å². The normalized spacial score (nSPS) is 17.5. The average Bonchev–Trinajstić information content (AvgIpc) is 2.76. The van der Waals surface area contributed by atoms with Crippen LogP contribution in [0.1, 0.15) is 43.0 Å². The molecule has 1 saturated carbocycles. The molecule has 1 aliphatic carbocycles. The largest absolute Gasteiger partial charge is 0.347 e. The molecule has 1 heterocycles. The molecule has 1 fully saturated rings. The summed E-state index contributed by atoms with van der Waals surface area (Å²) in [6, 6.07) is 1.35. The van der Waals surface area contributed by atoms with Gasteiger partial charge in [0.25, 0.3) is 5.91 Å². The van der Waals surface area contributed by atoms with Crippen molar-refractivity contribution in [3.05, 3.63) is 23.6 Å². The third-order valence-electron chi connectivity index (χ3n) is 3.39. The quantitative estimate of drug-likeness (QED) is 0.563. The molecule has 0 aliphatic heterocycles. The number of carbonyl (C=O) groups excluding carboxylic acids is 1. The summed E-state index contributed by atoms with van der Waals surface area (Å²) in [5, 5.41) is 2.89. The van der Waals surface area contributed by atoms with Crippen LogP contribution >= 0.6 is 0 Å². The summed E-state index contributed by atoms with van der Waals surface area (Å²) in [5.74, 6) is 3.86. The third-order valence-corrected chi connectivity index (χ3v) is 3.39. The second kappa shape index (κ2) is 4.89. The van der Waals surface area contributed by atoms with Crippen molar-refractivity contribution in [1.29, 1.82) is 0 Å². The van der Waals surface area contributed by atoms with Crippen LogP contribution in [0.15, 0.2) is 12.3 Å². The first kappa shape index (κ1) is 12.8. The number of pyridine rings is 1. The highest BCUT2D eigenvalue weighted by Crippen LogP contribution is 2.29. The summed E-state index contributed by atoms with van der Waals surface area (Å²) < 4.78 is 13.9. The molecule has 0 aromatic carbocycles. The van der Waals surface area contributed by atoms with Crippen molar-refractivity contribution in [2.24, 2.45) is 5.84 Å². The standard InChI is InChI=1S/C12H17FN4O/c1-12(5-2-3-6-12)16-11(18)8-4-7-15-10(17-14)9(8)13/h4,7H,2-3,5-6,14H2,1H3,(H,15,17)(H,16,18). The highest BCUT2D eigenvalue weighted by Gasteiger charge is 2.31. The van der Waals surface area contributed by atoms with E-state index in [1.165, 1.54) is 12.3 Å². The molecule has 1 aliphatic rings. The fourth-order valence-corrected chi connectivity index (χ4v) is 2.34. The van der Waals surface area contributed by atoms with Crippen LogP contribution in [0.5, 0.6) is 0 Å². The predicted molar refractivity (Wildman–Crippen MR) is 66.3 cm³/mol. The molecule has 6 heteroatoms. The van der Waals surface area contributed by atoms with Gasteiger partial charge >= 0.3 is 0 Å². The van der Waals surface area contributed by atoms with E-state index in [9.17, 15) is 9.18 Å². The van der Waals surface area contributed by atoms with Gasteiger partial charge in [-0.15, -0.1) is 0 Å². The van der Waals surface area contributed by atoms with E-state index in [0.717, 1.165) is 25.7 Å². The Morgan fingerprint density at radius 1 is 1.50 bits per heavy atom. The van der Waals surface area contributed by atoms with Crippen molar-refractivity contribution in [2.75, 3.05) is 5.43 Å². The molecule has 0 spiro atoms. The number of carbonyl (C=O) groups is 1. The minimum absolute atomic E-state index is 0.0360. The molecule has 5 nitrogen and oxygen atoms in total. The summed E-state index contributed by atoms with van der Waals surface area (Å²) >= 11 is 0. The minimum Gasteiger partial charge on any atom is -0.347 e. The fraction of sp³-hybridized carbons (Fsp3) is 0.500. The number of nitrogens with two attached hydrogens (primary N) is 1. The van der Waals surface area contributed by atoms with Crippen molar-refractivity contribution < 1.29 is 9.18 Å². The van der Waals surface area contributed by atoms with Gasteiger partial charge in [0.1, 0.15) is 0 Å². The highest BCUT2D eigenvalue weighted by molar-refractivity contribution is 5.95. The zero-order valence-corrected chi connectivity index (χ0v) is 10.3. The first-order chi connectivity index (χ1) is 8.56. The number of aromatic nitrogens is 1. The van der Waals surface area contributed by atoms with E-state index in [4.69, 9.17) is 5.84 Å². The van der Waals surface area contributed by atoms with Gasteiger partial charge in [0.15, 0.2) is 11.6 Å². The predicted octanol–water partition coefficient (Wildman–Crippen LogP) is 1.57. The van der Waals surface area contributed by atoms with Gasteiger partial charge in [-0.25, -0.2) is 15.2 Å². The van der Waals surface area contributed by atoms with Gasteiger partial charge in [-0.3, -0.25) is 4.79 Å². The van der Waals surface area contributed by atoms with Gasteiger partial charge in [0.05, 0.1) is 5.56 Å². The molecule has 0 bridgehead atoms. The second-order valence-corrected chi connectivity index (χ2v) is 4.89. The number of hydrazine groups is 1. The number of nitrogens with zero attached hydrogens (tertiary/aromatic N) is 1. The lowest BCUT2D eigenvalue weighted by Gasteiger charge is -2.25. The lowest BCUT2D eigenvalue weighted by atomic mass is 10.00. The van der Waals surface area contributed by atoms with Crippen LogP contribution in [-0.2, 0) is 0 Å². The number of halogens is 1. The monoisotopic (exact) mass is 252 g/mol. The van der Waals surface area contributed by atoms with E-state index in [-0.39, 0.29) is 16.9 Å². The maximum absolute atomic E-state index is 13.9. The second-order valence-electron chi connectivity index (χ2n) is 4.89. The summed E-state index contributed by atoms with van der Waals surface area (Å²) in [5.41, 5.74) is 1.86. The Labute approximate surface area is 105 Å². The summed E-state index contributed by atoms with van der Waals surface area (Å²) in [6.07, 6.45) is 5.38. The smallest absolute Gasteiger partial charge is 0.254 e. The summed E-state index contributed by atoms with van der Waals surface area (Å²) in [4.78, 5) is 15.7. The highest BCUT2D eigenvalue weighted by atomic mass is 19.1. The third kappa shape index (κ3) is 2.43. The Morgan fingerprint density at radius 2 is 2.17 bits per heavy atom. The molecule has 18 heavy (non-hydrogen) atoms. The number of rotatable bonds is 3. The van der Waals surface area contributed by atoms with E-state index in [0.29, 0.717) is 0 Å². The van der Waals surface area contributed by atoms with Crippen LogP contribution in [0, 0.1) is 5.82 Å². The number of hydrogen-bond donors (Lipinski definition) is 3. The van der Waals surface area contributed by atoms with Gasteiger partial charge in [-0.2, -0.15) is 0 Å². The number of hydrogen-bond acceptors (Lipinski definition) is 4. The van der Waals surface area contributed by atoms with E-state index in [1.807, 2.05) is 6.92 Å². The van der Waals surface area contributed by atoms with Crippen LogP contribution in [-0.4, -0.2) is 16.4 Å². The first-order valence-electron chi connectivity index (χ1n) is 5.99. The van der Waals surface area contributed by atoms with Crippen LogP contribution in [0.3, 0.4) is 0 Å². The lowest BCUT2D eigenvalue weighted by Crippen LogP contribution is -2.44. The molecule has 0 atom stereocenters. The lowest BCUT2D eigenvalue weighted by molar-refractivity contribution is 0.0904. The number of amides is 1. The fourth-order valence-electron chi connectivity index (χ4n) is 2.34. The van der Waals surface area contributed by atoms with E-state index < -0.39 is 11.7 Å². The van der Waals surface area contributed by atoms with Crippen molar-refractivity contribution in [1.82, 2.24) is 10.3 Å². The Hall–Kier alpha value is -1.69. The van der Waals surface area contributed by atoms with Crippen molar-refractivity contribution >= 4 is 11.7 Å². The van der Waals surface area contributed by atoms with E-state index >= 15 is 0 Å². The van der Waals surface area contributed by atoms with Crippen molar-refractivity contribution in [3.8, 4) is 0 Å². The number of anilines is 1. The molecule has 4 N–H and O–H groups in total. The zero-order valence-electron chi connectivity index (χ0n) is 10.3. The van der Waals surface area contributed by atoms with E-state index in [1.54, 1.807) is 0 Å². The average molecular weight is 252 g/mol. The summed E-state index contributed by atoms with van der Waals surface area (Å²) in [7, 11) is 0. The van der Waals surface area contributed by atoms with Crippen molar-refractivity contribution in [3.63, 3.8) is 0 Å².